The van der Waals surface area contributed by atoms with E-state index in [0.717, 1.165) is 31.1 Å². The lowest BCUT2D eigenvalue weighted by Gasteiger charge is -2.35. The van der Waals surface area contributed by atoms with Crippen LogP contribution < -0.4 is 10.4 Å². The standard InChI is InChI=1S/C20H23NO6/c1-2-15-5-3-4-10-21(15)18(22)12-26-20(24)13-25-16-8-6-14-7-9-19(23)27-17(14)11-16/h6-9,11,15H,2-5,10,12-13H2,1H3. The first-order chi connectivity index (χ1) is 13.1. The summed E-state index contributed by atoms with van der Waals surface area (Å²) in [6.45, 7) is 2.17. The summed E-state index contributed by atoms with van der Waals surface area (Å²) in [4.78, 5) is 37.2. The van der Waals surface area contributed by atoms with Crippen molar-refractivity contribution in [1.82, 2.24) is 4.90 Å². The number of likely N-dealkylation sites (tertiary alicyclic amines) is 1. The highest BCUT2D eigenvalue weighted by molar-refractivity contribution is 5.81. The van der Waals surface area contributed by atoms with Gasteiger partial charge in [0.15, 0.2) is 13.2 Å². The molecule has 0 radical (unpaired) electrons. The molecule has 1 fully saturated rings. The first kappa shape index (κ1) is 18.9. The molecule has 1 aromatic heterocycles. The Bertz CT molecular complexity index is 874. The number of amides is 1. The summed E-state index contributed by atoms with van der Waals surface area (Å²) >= 11 is 0. The van der Waals surface area contributed by atoms with Crippen molar-refractivity contribution >= 4 is 22.8 Å². The van der Waals surface area contributed by atoms with Crippen LogP contribution in [0.3, 0.4) is 0 Å². The molecule has 0 aliphatic carbocycles. The fourth-order valence-electron chi connectivity index (χ4n) is 3.29. The lowest BCUT2D eigenvalue weighted by molar-refractivity contribution is -0.155. The molecule has 3 rings (SSSR count). The Morgan fingerprint density at radius 1 is 1.19 bits per heavy atom. The molecule has 1 aliphatic rings. The predicted molar refractivity (Wildman–Crippen MR) is 98.6 cm³/mol. The molecule has 7 nitrogen and oxygen atoms in total. The molecule has 0 spiro atoms. The van der Waals surface area contributed by atoms with Crippen LogP contribution >= 0.6 is 0 Å². The van der Waals surface area contributed by atoms with Crippen molar-refractivity contribution in [3.05, 3.63) is 40.8 Å². The van der Waals surface area contributed by atoms with E-state index in [0.29, 0.717) is 17.9 Å². The summed E-state index contributed by atoms with van der Waals surface area (Å²) in [7, 11) is 0. The second kappa shape index (κ2) is 8.70. The van der Waals surface area contributed by atoms with Gasteiger partial charge in [0.2, 0.25) is 0 Å². The number of ether oxygens (including phenoxy) is 2. The van der Waals surface area contributed by atoms with Crippen molar-refractivity contribution in [3.63, 3.8) is 0 Å². The summed E-state index contributed by atoms with van der Waals surface area (Å²) in [5, 5.41) is 0.752. The minimum Gasteiger partial charge on any atom is -0.482 e. The Balaban J connectivity index is 1.49. The summed E-state index contributed by atoms with van der Waals surface area (Å²) in [5.74, 6) is -0.410. The van der Waals surface area contributed by atoms with Crippen LogP contribution in [0.1, 0.15) is 32.6 Å². The lowest BCUT2D eigenvalue weighted by Crippen LogP contribution is -2.45. The van der Waals surface area contributed by atoms with Crippen LogP contribution in [0.4, 0.5) is 0 Å². The number of carbonyl (C=O) groups excluding carboxylic acids is 2. The van der Waals surface area contributed by atoms with Gasteiger partial charge in [-0.1, -0.05) is 6.92 Å². The molecular weight excluding hydrogens is 350 g/mol. The Kier molecular flexibility index (Phi) is 6.11. The average molecular weight is 373 g/mol. The zero-order chi connectivity index (χ0) is 19.2. The van der Waals surface area contributed by atoms with Gasteiger partial charge in [-0.05, 0) is 43.9 Å². The second-order valence-corrected chi connectivity index (χ2v) is 6.55. The number of fused-ring (bicyclic) bond motifs is 1. The molecule has 1 amide bonds. The molecule has 1 unspecified atom stereocenters. The maximum absolute atomic E-state index is 12.3. The number of hydrogen-bond donors (Lipinski definition) is 0. The van der Waals surface area contributed by atoms with Crippen LogP contribution in [0.2, 0.25) is 0 Å². The minimum absolute atomic E-state index is 0.164. The van der Waals surface area contributed by atoms with E-state index in [-0.39, 0.29) is 25.2 Å². The number of piperidine rings is 1. The predicted octanol–water partition coefficient (Wildman–Crippen LogP) is 2.51. The molecule has 1 aliphatic heterocycles. The quantitative estimate of drug-likeness (QED) is 0.571. The Labute approximate surface area is 156 Å². The highest BCUT2D eigenvalue weighted by Gasteiger charge is 2.25. The summed E-state index contributed by atoms with van der Waals surface area (Å²) < 4.78 is 15.5. The van der Waals surface area contributed by atoms with Crippen molar-refractivity contribution in [1.29, 1.82) is 0 Å². The van der Waals surface area contributed by atoms with E-state index in [9.17, 15) is 14.4 Å². The summed E-state index contributed by atoms with van der Waals surface area (Å²) in [5.41, 5.74) is -0.0834. The largest absolute Gasteiger partial charge is 0.482 e. The van der Waals surface area contributed by atoms with Crippen LogP contribution in [0.15, 0.2) is 39.5 Å². The summed E-state index contributed by atoms with van der Waals surface area (Å²) in [6.07, 6.45) is 4.01. The Morgan fingerprint density at radius 3 is 2.81 bits per heavy atom. The SMILES string of the molecule is CCC1CCCCN1C(=O)COC(=O)COc1ccc2ccc(=O)oc2c1. The third-order valence-electron chi connectivity index (χ3n) is 4.73. The zero-order valence-corrected chi connectivity index (χ0v) is 15.3. The molecule has 2 aromatic rings. The highest BCUT2D eigenvalue weighted by Crippen LogP contribution is 2.20. The minimum atomic E-state index is -0.622. The average Bonchev–Trinajstić information content (AvgIpc) is 2.70. The van der Waals surface area contributed by atoms with E-state index in [1.54, 1.807) is 18.2 Å². The van der Waals surface area contributed by atoms with Gasteiger partial charge in [-0.3, -0.25) is 4.79 Å². The van der Waals surface area contributed by atoms with Gasteiger partial charge in [0.05, 0.1) is 0 Å². The number of benzene rings is 1. The highest BCUT2D eigenvalue weighted by atomic mass is 16.6. The van der Waals surface area contributed by atoms with Crippen molar-refractivity contribution in [3.8, 4) is 5.75 Å². The van der Waals surface area contributed by atoms with Gasteiger partial charge in [-0.15, -0.1) is 0 Å². The van der Waals surface area contributed by atoms with Crippen molar-refractivity contribution in [2.75, 3.05) is 19.8 Å². The lowest BCUT2D eigenvalue weighted by atomic mass is 10.00. The summed E-state index contributed by atoms with van der Waals surface area (Å²) in [6, 6.07) is 8.14. The zero-order valence-electron chi connectivity index (χ0n) is 15.3. The number of carbonyl (C=O) groups is 2. The third kappa shape index (κ3) is 4.87. The van der Waals surface area contributed by atoms with Gasteiger partial charge in [0, 0.05) is 30.1 Å². The van der Waals surface area contributed by atoms with E-state index < -0.39 is 11.6 Å². The first-order valence-corrected chi connectivity index (χ1v) is 9.18. The second-order valence-electron chi connectivity index (χ2n) is 6.55. The van der Waals surface area contributed by atoms with Gasteiger partial charge in [-0.2, -0.15) is 0 Å². The molecule has 1 atom stereocenters. The van der Waals surface area contributed by atoms with E-state index in [4.69, 9.17) is 13.9 Å². The topological polar surface area (TPSA) is 86.0 Å². The Morgan fingerprint density at radius 2 is 2.00 bits per heavy atom. The maximum Gasteiger partial charge on any atom is 0.344 e. The fourth-order valence-corrected chi connectivity index (χ4v) is 3.29. The van der Waals surface area contributed by atoms with Crippen LogP contribution in [0.25, 0.3) is 11.0 Å². The molecular formula is C20H23NO6. The van der Waals surface area contributed by atoms with E-state index >= 15 is 0 Å². The number of hydrogen-bond acceptors (Lipinski definition) is 6. The van der Waals surface area contributed by atoms with Gasteiger partial charge in [0.25, 0.3) is 5.91 Å². The van der Waals surface area contributed by atoms with E-state index in [1.165, 1.54) is 12.1 Å². The fraction of sp³-hybridized carbons (Fsp3) is 0.450. The molecule has 7 heteroatoms. The molecule has 144 valence electrons. The van der Waals surface area contributed by atoms with Gasteiger partial charge in [-0.25, -0.2) is 9.59 Å². The normalized spacial score (nSPS) is 16.9. The molecule has 2 heterocycles. The molecule has 0 bridgehead atoms. The molecule has 0 N–H and O–H groups in total. The van der Waals surface area contributed by atoms with Gasteiger partial charge >= 0.3 is 11.6 Å². The maximum atomic E-state index is 12.3. The van der Waals surface area contributed by atoms with Crippen molar-refractivity contribution < 1.29 is 23.5 Å². The first-order valence-electron chi connectivity index (χ1n) is 9.18. The van der Waals surface area contributed by atoms with E-state index in [2.05, 4.69) is 6.92 Å². The van der Waals surface area contributed by atoms with Crippen LogP contribution in [0.5, 0.6) is 5.75 Å². The number of esters is 1. The molecule has 27 heavy (non-hydrogen) atoms. The smallest absolute Gasteiger partial charge is 0.344 e. The molecule has 1 aromatic carbocycles. The van der Waals surface area contributed by atoms with Crippen LogP contribution in [-0.4, -0.2) is 42.6 Å². The number of nitrogens with zero attached hydrogens (tertiary/aromatic N) is 1. The van der Waals surface area contributed by atoms with Crippen molar-refractivity contribution in [2.24, 2.45) is 0 Å². The van der Waals surface area contributed by atoms with Crippen LogP contribution in [-0.2, 0) is 14.3 Å². The monoisotopic (exact) mass is 373 g/mol. The van der Waals surface area contributed by atoms with Gasteiger partial charge < -0.3 is 18.8 Å². The molecule has 0 saturated carbocycles. The number of rotatable bonds is 6. The van der Waals surface area contributed by atoms with Crippen molar-refractivity contribution in [2.45, 2.75) is 38.6 Å². The Hall–Kier alpha value is -2.83. The van der Waals surface area contributed by atoms with E-state index in [1.807, 2.05) is 4.90 Å². The van der Waals surface area contributed by atoms with Crippen LogP contribution in [0, 0.1) is 0 Å². The third-order valence-corrected chi connectivity index (χ3v) is 4.73. The molecule has 1 saturated heterocycles. The van der Waals surface area contributed by atoms with Gasteiger partial charge in [0.1, 0.15) is 11.3 Å².